The zero-order valence-corrected chi connectivity index (χ0v) is 11.5. The van der Waals surface area contributed by atoms with Crippen LogP contribution in [-0.4, -0.2) is 35.7 Å². The van der Waals surface area contributed by atoms with E-state index in [2.05, 4.69) is 24.1 Å². The molecule has 0 aliphatic carbocycles. The van der Waals surface area contributed by atoms with Crippen LogP contribution in [0.2, 0.25) is 5.02 Å². The maximum Gasteiger partial charge on any atom is 0.0480 e. The molecule has 2 aliphatic heterocycles. The van der Waals surface area contributed by atoms with Gasteiger partial charge < -0.3 is 10.0 Å². The summed E-state index contributed by atoms with van der Waals surface area (Å²) in [5.74, 6) is 0.814. The minimum atomic E-state index is 0.277. The van der Waals surface area contributed by atoms with Crippen LogP contribution in [0, 0.1) is 5.92 Å². The predicted octanol–water partition coefficient (Wildman–Crippen LogP) is 2.90. The molecule has 2 nitrogen and oxygen atoms in total. The maximum absolute atomic E-state index is 9.77. The highest BCUT2D eigenvalue weighted by Crippen LogP contribution is 2.46. The highest BCUT2D eigenvalue weighted by molar-refractivity contribution is 6.30. The van der Waals surface area contributed by atoms with Crippen molar-refractivity contribution in [2.75, 3.05) is 13.7 Å². The van der Waals surface area contributed by atoms with E-state index >= 15 is 0 Å². The molecule has 0 aromatic heterocycles. The van der Waals surface area contributed by atoms with Crippen LogP contribution in [0.25, 0.3) is 0 Å². The number of fused-ring (bicyclic) bond motifs is 2. The average molecular weight is 266 g/mol. The number of hydrogen-bond donors (Lipinski definition) is 1. The summed E-state index contributed by atoms with van der Waals surface area (Å²) >= 11 is 6.10. The van der Waals surface area contributed by atoms with E-state index in [-0.39, 0.29) is 6.61 Å². The third-order valence-corrected chi connectivity index (χ3v) is 5.15. The molecule has 3 heteroatoms. The van der Waals surface area contributed by atoms with Crippen LogP contribution in [0.3, 0.4) is 0 Å². The van der Waals surface area contributed by atoms with Crippen molar-refractivity contribution in [1.82, 2.24) is 4.90 Å². The van der Waals surface area contributed by atoms with Crippen LogP contribution in [0.15, 0.2) is 24.3 Å². The van der Waals surface area contributed by atoms with Crippen molar-refractivity contribution >= 4 is 11.6 Å². The largest absolute Gasteiger partial charge is 0.396 e. The first-order valence-electron chi connectivity index (χ1n) is 6.79. The fourth-order valence-corrected chi connectivity index (χ4v) is 4.15. The van der Waals surface area contributed by atoms with E-state index in [9.17, 15) is 5.11 Å². The molecule has 2 bridgehead atoms. The molecule has 0 saturated carbocycles. The van der Waals surface area contributed by atoms with Crippen LogP contribution in [0.1, 0.15) is 30.7 Å². The molecular formula is C15H20ClNO. The minimum absolute atomic E-state index is 0.277. The van der Waals surface area contributed by atoms with Crippen LogP contribution in [0.5, 0.6) is 0 Å². The summed E-state index contributed by atoms with van der Waals surface area (Å²) in [5, 5.41) is 10.6. The van der Waals surface area contributed by atoms with Crippen molar-refractivity contribution in [3.05, 3.63) is 34.9 Å². The lowest BCUT2D eigenvalue weighted by molar-refractivity contribution is 0.0592. The number of benzene rings is 1. The molecule has 4 atom stereocenters. The molecule has 0 amide bonds. The monoisotopic (exact) mass is 265 g/mol. The van der Waals surface area contributed by atoms with E-state index in [4.69, 9.17) is 11.6 Å². The molecule has 2 heterocycles. The average Bonchev–Trinajstić information content (AvgIpc) is 2.63. The standard InChI is InChI=1S/C15H20ClNO/c1-17-12-5-6-15(17)14(9-18)13(8-12)10-3-2-4-11(16)7-10/h2-4,7,12-15,18H,5-6,8-9H2,1H3/t12?,13-,14-,15?/m0/s1. The summed E-state index contributed by atoms with van der Waals surface area (Å²) in [6.07, 6.45) is 3.65. The summed E-state index contributed by atoms with van der Waals surface area (Å²) < 4.78 is 0. The van der Waals surface area contributed by atoms with Crippen LogP contribution in [0.4, 0.5) is 0 Å². The van der Waals surface area contributed by atoms with Gasteiger partial charge in [-0.2, -0.15) is 0 Å². The number of aliphatic hydroxyl groups is 1. The van der Waals surface area contributed by atoms with E-state index in [0.29, 0.717) is 23.9 Å². The number of aliphatic hydroxyl groups excluding tert-OH is 1. The van der Waals surface area contributed by atoms with Gasteiger partial charge in [-0.25, -0.2) is 0 Å². The molecule has 2 aliphatic rings. The summed E-state index contributed by atoms with van der Waals surface area (Å²) in [6, 6.07) is 9.39. The number of hydrogen-bond acceptors (Lipinski definition) is 2. The van der Waals surface area contributed by atoms with E-state index in [1.807, 2.05) is 12.1 Å². The number of halogens is 1. The SMILES string of the molecule is CN1C2CCC1[C@@H](CO)[C@H](c1cccc(Cl)c1)C2. The Balaban J connectivity index is 1.92. The smallest absolute Gasteiger partial charge is 0.0480 e. The molecule has 2 saturated heterocycles. The molecule has 18 heavy (non-hydrogen) atoms. The first-order chi connectivity index (χ1) is 8.70. The van der Waals surface area contributed by atoms with Gasteiger partial charge in [0.1, 0.15) is 0 Å². The lowest BCUT2D eigenvalue weighted by atomic mass is 9.76. The molecule has 3 rings (SSSR count). The Morgan fingerprint density at radius 1 is 1.39 bits per heavy atom. The van der Waals surface area contributed by atoms with Crippen molar-refractivity contribution in [2.45, 2.75) is 37.3 Å². The topological polar surface area (TPSA) is 23.5 Å². The number of piperidine rings is 1. The lowest BCUT2D eigenvalue weighted by Gasteiger charge is -2.42. The molecular weight excluding hydrogens is 246 g/mol. The third kappa shape index (κ3) is 1.97. The normalized spacial score (nSPS) is 35.9. The molecule has 1 N–H and O–H groups in total. The Morgan fingerprint density at radius 2 is 2.22 bits per heavy atom. The fraction of sp³-hybridized carbons (Fsp3) is 0.600. The Labute approximate surface area is 114 Å². The second-order valence-electron chi connectivity index (χ2n) is 5.71. The third-order valence-electron chi connectivity index (χ3n) is 4.92. The van der Waals surface area contributed by atoms with Gasteiger partial charge in [0.2, 0.25) is 0 Å². The van der Waals surface area contributed by atoms with Gasteiger partial charge in [-0.05, 0) is 49.9 Å². The Kier molecular flexibility index (Phi) is 3.35. The summed E-state index contributed by atoms with van der Waals surface area (Å²) in [5.41, 5.74) is 1.30. The van der Waals surface area contributed by atoms with Crippen molar-refractivity contribution in [3.63, 3.8) is 0 Å². The lowest BCUT2D eigenvalue weighted by Crippen LogP contribution is -2.47. The van der Waals surface area contributed by atoms with E-state index < -0.39 is 0 Å². The van der Waals surface area contributed by atoms with Gasteiger partial charge in [-0.1, -0.05) is 23.7 Å². The van der Waals surface area contributed by atoms with Gasteiger partial charge in [0.05, 0.1) is 0 Å². The molecule has 2 fully saturated rings. The highest BCUT2D eigenvalue weighted by atomic mass is 35.5. The van der Waals surface area contributed by atoms with Crippen molar-refractivity contribution in [3.8, 4) is 0 Å². The van der Waals surface area contributed by atoms with Crippen molar-refractivity contribution in [2.24, 2.45) is 5.92 Å². The van der Waals surface area contributed by atoms with Gasteiger partial charge in [-0.15, -0.1) is 0 Å². The second kappa shape index (κ2) is 4.84. The van der Waals surface area contributed by atoms with Gasteiger partial charge in [0.15, 0.2) is 0 Å². The Bertz CT molecular complexity index is 436. The quantitative estimate of drug-likeness (QED) is 0.889. The summed E-state index contributed by atoms with van der Waals surface area (Å²) in [4.78, 5) is 2.47. The van der Waals surface area contributed by atoms with Gasteiger partial charge >= 0.3 is 0 Å². The minimum Gasteiger partial charge on any atom is -0.396 e. The summed E-state index contributed by atoms with van der Waals surface area (Å²) in [6.45, 7) is 0.277. The van der Waals surface area contributed by atoms with Gasteiger partial charge in [-0.3, -0.25) is 0 Å². The van der Waals surface area contributed by atoms with Crippen LogP contribution in [-0.2, 0) is 0 Å². The first-order valence-corrected chi connectivity index (χ1v) is 7.16. The van der Waals surface area contributed by atoms with Gasteiger partial charge in [0, 0.05) is 29.6 Å². The Morgan fingerprint density at radius 3 is 2.94 bits per heavy atom. The maximum atomic E-state index is 9.77. The molecule has 2 unspecified atom stereocenters. The predicted molar refractivity (Wildman–Crippen MR) is 74.0 cm³/mol. The molecule has 0 spiro atoms. The van der Waals surface area contributed by atoms with Crippen molar-refractivity contribution < 1.29 is 5.11 Å². The molecule has 1 aromatic carbocycles. The highest BCUT2D eigenvalue weighted by Gasteiger charge is 2.45. The number of rotatable bonds is 2. The van der Waals surface area contributed by atoms with E-state index in [1.54, 1.807) is 0 Å². The Hall–Kier alpha value is -0.570. The molecule has 1 aromatic rings. The zero-order chi connectivity index (χ0) is 12.7. The zero-order valence-electron chi connectivity index (χ0n) is 10.7. The molecule has 0 radical (unpaired) electrons. The molecule has 98 valence electrons. The second-order valence-corrected chi connectivity index (χ2v) is 6.14. The summed E-state index contributed by atoms with van der Waals surface area (Å²) in [7, 11) is 2.21. The van der Waals surface area contributed by atoms with Crippen molar-refractivity contribution in [1.29, 1.82) is 0 Å². The van der Waals surface area contributed by atoms with Crippen LogP contribution < -0.4 is 0 Å². The van der Waals surface area contributed by atoms with Gasteiger partial charge in [0.25, 0.3) is 0 Å². The van der Waals surface area contributed by atoms with E-state index in [0.717, 1.165) is 11.4 Å². The van der Waals surface area contributed by atoms with E-state index in [1.165, 1.54) is 18.4 Å². The fourth-order valence-electron chi connectivity index (χ4n) is 3.95. The first kappa shape index (κ1) is 12.5. The number of nitrogens with zero attached hydrogens (tertiary/aromatic N) is 1. The van der Waals surface area contributed by atoms with Crippen LogP contribution >= 0.6 is 11.6 Å².